The van der Waals surface area contributed by atoms with Crippen LogP contribution in [0.3, 0.4) is 0 Å². The molecule has 6 heteroatoms. The van der Waals surface area contributed by atoms with Crippen molar-refractivity contribution in [3.8, 4) is 23.0 Å². The van der Waals surface area contributed by atoms with Gasteiger partial charge in [0.25, 0.3) is 0 Å². The fourth-order valence-electron chi connectivity index (χ4n) is 2.55. The lowest BCUT2D eigenvalue weighted by atomic mass is 10.1. The number of rotatable bonds is 9. The van der Waals surface area contributed by atoms with Gasteiger partial charge in [0.2, 0.25) is 0 Å². The van der Waals surface area contributed by atoms with Gasteiger partial charge in [0.05, 0.1) is 6.61 Å². The number of carboxylic acid groups (broad SMARTS) is 1. The second-order valence-electron chi connectivity index (χ2n) is 5.79. The molecule has 0 aliphatic carbocycles. The van der Waals surface area contributed by atoms with E-state index < -0.39 is 5.97 Å². The monoisotopic (exact) mass is 346 g/mol. The van der Waals surface area contributed by atoms with Gasteiger partial charge in [-0.1, -0.05) is 25.0 Å². The summed E-state index contributed by atoms with van der Waals surface area (Å²) in [6.45, 7) is 0.379. The van der Waals surface area contributed by atoms with E-state index in [0.717, 1.165) is 37.7 Å². The molecule has 2 rings (SSSR count). The summed E-state index contributed by atoms with van der Waals surface area (Å²) in [6, 6.07) is 9.22. The highest BCUT2D eigenvalue weighted by Crippen LogP contribution is 2.28. The van der Waals surface area contributed by atoms with Crippen molar-refractivity contribution in [2.45, 2.75) is 32.1 Å². The molecule has 0 atom stereocenters. The van der Waals surface area contributed by atoms with Crippen LogP contribution < -0.4 is 4.74 Å². The molecule has 0 aliphatic heterocycles. The third-order valence-corrected chi connectivity index (χ3v) is 3.88. The minimum Gasteiger partial charge on any atom is -0.507 e. The van der Waals surface area contributed by atoms with Gasteiger partial charge in [-0.3, -0.25) is 0 Å². The van der Waals surface area contributed by atoms with Gasteiger partial charge in [0.15, 0.2) is 11.5 Å². The number of aryl methyl sites for hydroxylation is 1. The van der Waals surface area contributed by atoms with Crippen molar-refractivity contribution >= 4 is 5.97 Å². The maximum Gasteiger partial charge on any atom is 0.343 e. The number of hydrogen-bond donors (Lipinski definition) is 4. The second kappa shape index (κ2) is 8.82. The van der Waals surface area contributed by atoms with Gasteiger partial charge >= 0.3 is 5.97 Å². The minimum atomic E-state index is -1.22. The number of hydrogen-bond acceptors (Lipinski definition) is 5. The van der Waals surface area contributed by atoms with Crippen molar-refractivity contribution in [1.82, 2.24) is 0 Å². The molecular formula is C19H22O6. The lowest BCUT2D eigenvalue weighted by molar-refractivity contribution is 0.0688. The van der Waals surface area contributed by atoms with Crippen molar-refractivity contribution < 1.29 is 30.0 Å². The Balaban J connectivity index is 1.68. The summed E-state index contributed by atoms with van der Waals surface area (Å²) >= 11 is 0. The van der Waals surface area contributed by atoms with Crippen LogP contribution >= 0.6 is 0 Å². The lowest BCUT2D eigenvalue weighted by Crippen LogP contribution is -2.04. The molecule has 0 fully saturated rings. The second-order valence-corrected chi connectivity index (χ2v) is 5.79. The predicted molar refractivity (Wildman–Crippen MR) is 92.5 cm³/mol. The van der Waals surface area contributed by atoms with Crippen molar-refractivity contribution in [3.63, 3.8) is 0 Å². The molecule has 134 valence electrons. The number of aromatic hydroxyl groups is 3. The van der Waals surface area contributed by atoms with Gasteiger partial charge in [-0.15, -0.1) is 0 Å². The Labute approximate surface area is 145 Å². The number of unbranched alkanes of at least 4 members (excludes halogenated alkanes) is 3. The summed E-state index contributed by atoms with van der Waals surface area (Å²) in [7, 11) is 0. The first-order valence-corrected chi connectivity index (χ1v) is 8.18. The normalized spacial score (nSPS) is 10.6. The van der Waals surface area contributed by atoms with Crippen molar-refractivity contribution in [1.29, 1.82) is 0 Å². The zero-order valence-corrected chi connectivity index (χ0v) is 13.8. The van der Waals surface area contributed by atoms with Crippen LogP contribution in [0.25, 0.3) is 0 Å². The average Bonchev–Trinajstić information content (AvgIpc) is 2.56. The molecule has 4 N–H and O–H groups in total. The highest BCUT2D eigenvalue weighted by Gasteiger charge is 2.16. The van der Waals surface area contributed by atoms with Crippen LogP contribution in [0.1, 0.15) is 41.6 Å². The van der Waals surface area contributed by atoms with E-state index in [4.69, 9.17) is 9.84 Å². The quantitative estimate of drug-likeness (QED) is 0.407. The van der Waals surface area contributed by atoms with Gasteiger partial charge in [-0.25, -0.2) is 4.79 Å². The van der Waals surface area contributed by atoms with Crippen molar-refractivity contribution in [3.05, 3.63) is 47.5 Å². The smallest absolute Gasteiger partial charge is 0.343 e. The molecule has 2 aromatic carbocycles. The van der Waals surface area contributed by atoms with Gasteiger partial charge in [-0.2, -0.15) is 0 Å². The summed E-state index contributed by atoms with van der Waals surface area (Å²) in [6.07, 6.45) is 4.42. The van der Waals surface area contributed by atoms with Gasteiger partial charge in [-0.05, 0) is 49.1 Å². The molecule has 0 saturated carbocycles. The zero-order valence-electron chi connectivity index (χ0n) is 13.8. The van der Waals surface area contributed by atoms with Crippen LogP contribution in [0.2, 0.25) is 0 Å². The van der Waals surface area contributed by atoms with Crippen LogP contribution in [0.4, 0.5) is 0 Å². The first-order valence-electron chi connectivity index (χ1n) is 8.18. The number of benzene rings is 2. The third kappa shape index (κ3) is 5.31. The van der Waals surface area contributed by atoms with E-state index in [1.54, 1.807) is 18.2 Å². The van der Waals surface area contributed by atoms with Crippen LogP contribution in [0.5, 0.6) is 23.0 Å². The molecule has 0 heterocycles. The Morgan fingerprint density at radius 3 is 2.36 bits per heavy atom. The fraction of sp³-hybridized carbons (Fsp3) is 0.316. The highest BCUT2D eigenvalue weighted by atomic mass is 16.5. The van der Waals surface area contributed by atoms with E-state index in [2.05, 4.69) is 0 Å². The number of ether oxygens (including phenoxy) is 1. The highest BCUT2D eigenvalue weighted by molar-refractivity contribution is 5.93. The van der Waals surface area contributed by atoms with Crippen molar-refractivity contribution in [2.75, 3.05) is 6.61 Å². The van der Waals surface area contributed by atoms with Crippen LogP contribution in [-0.4, -0.2) is 33.0 Å². The molecule has 0 aliphatic rings. The average molecular weight is 346 g/mol. The predicted octanol–water partition coefficient (Wildman–Crippen LogP) is 3.68. The molecule has 0 radical (unpaired) electrons. The van der Waals surface area contributed by atoms with Gasteiger partial charge in [0.1, 0.15) is 17.1 Å². The lowest BCUT2D eigenvalue weighted by Gasteiger charge is -2.10. The third-order valence-electron chi connectivity index (χ3n) is 3.88. The van der Waals surface area contributed by atoms with Crippen LogP contribution in [-0.2, 0) is 6.42 Å². The Morgan fingerprint density at radius 2 is 1.64 bits per heavy atom. The van der Waals surface area contributed by atoms with Crippen LogP contribution in [0, 0.1) is 0 Å². The molecule has 0 spiro atoms. The molecule has 25 heavy (non-hydrogen) atoms. The number of carbonyl (C=O) groups is 1. The van der Waals surface area contributed by atoms with E-state index in [0.29, 0.717) is 6.61 Å². The van der Waals surface area contributed by atoms with E-state index >= 15 is 0 Å². The topological polar surface area (TPSA) is 107 Å². The molecule has 0 saturated heterocycles. The van der Waals surface area contributed by atoms with E-state index in [9.17, 15) is 20.1 Å². The maximum absolute atomic E-state index is 11.1. The zero-order chi connectivity index (χ0) is 18.2. The van der Waals surface area contributed by atoms with E-state index in [1.807, 2.05) is 0 Å². The molecule has 2 aromatic rings. The molecule has 0 unspecified atom stereocenters. The molecule has 6 nitrogen and oxygen atoms in total. The summed E-state index contributed by atoms with van der Waals surface area (Å²) < 4.78 is 5.47. The summed E-state index contributed by atoms with van der Waals surface area (Å²) in [5.74, 6) is -1.57. The standard InChI is InChI=1S/C19H22O6/c20-14-10-9-13(12-16(14)22)6-3-1-2-4-11-25-17-8-5-7-15(21)18(17)19(23)24/h5,7-10,12,20-22H,1-4,6,11H2,(H,23,24). The Hall–Kier alpha value is -2.89. The SMILES string of the molecule is O=C(O)c1c(O)cccc1OCCCCCCc1ccc(O)c(O)c1. The Bertz CT molecular complexity index is 726. The first kappa shape index (κ1) is 18.4. The first-order chi connectivity index (χ1) is 12.0. The number of phenols is 3. The minimum absolute atomic E-state index is 0.105. The van der Waals surface area contributed by atoms with E-state index in [1.165, 1.54) is 18.2 Å². The van der Waals surface area contributed by atoms with Crippen molar-refractivity contribution in [2.24, 2.45) is 0 Å². The van der Waals surface area contributed by atoms with E-state index in [-0.39, 0.29) is 28.6 Å². The molecule has 0 aromatic heterocycles. The van der Waals surface area contributed by atoms with Gasteiger partial charge < -0.3 is 25.2 Å². The summed E-state index contributed by atoms with van der Waals surface area (Å²) in [4.78, 5) is 11.1. The molecule has 0 bridgehead atoms. The Morgan fingerprint density at radius 1 is 0.880 bits per heavy atom. The largest absolute Gasteiger partial charge is 0.507 e. The summed E-state index contributed by atoms with van der Waals surface area (Å²) in [5.41, 5.74) is 0.757. The van der Waals surface area contributed by atoms with Crippen LogP contribution in [0.15, 0.2) is 36.4 Å². The molecular weight excluding hydrogens is 324 g/mol. The summed E-state index contributed by atoms with van der Waals surface area (Å²) in [5, 5.41) is 37.4. The van der Waals surface area contributed by atoms with Gasteiger partial charge in [0, 0.05) is 0 Å². The fourth-order valence-corrected chi connectivity index (χ4v) is 2.55. The number of phenolic OH excluding ortho intramolecular Hbond substituents is 2. The number of carboxylic acids is 1. The molecule has 0 amide bonds. The number of aromatic carboxylic acids is 1. The Kier molecular flexibility index (Phi) is 6.51. The maximum atomic E-state index is 11.1.